The van der Waals surface area contributed by atoms with Gasteiger partial charge in [0.2, 0.25) is 0 Å². The lowest BCUT2D eigenvalue weighted by atomic mass is 9.84. The summed E-state index contributed by atoms with van der Waals surface area (Å²) >= 11 is 6.00. The maximum atomic E-state index is 12.4. The Morgan fingerprint density at radius 3 is 3.00 bits per heavy atom. The van der Waals surface area contributed by atoms with Gasteiger partial charge in [-0.15, -0.1) is 0 Å². The highest BCUT2D eigenvalue weighted by molar-refractivity contribution is 6.30. The quantitative estimate of drug-likeness (QED) is 0.844. The highest BCUT2D eigenvalue weighted by Gasteiger charge is 2.37. The van der Waals surface area contributed by atoms with Crippen molar-refractivity contribution < 1.29 is 4.79 Å². The van der Waals surface area contributed by atoms with E-state index in [4.69, 9.17) is 11.6 Å². The lowest BCUT2D eigenvalue weighted by molar-refractivity contribution is 0.0888. The van der Waals surface area contributed by atoms with E-state index in [0.29, 0.717) is 11.8 Å². The number of halogens is 1. The first-order chi connectivity index (χ1) is 8.65. The second kappa shape index (κ2) is 4.67. The van der Waals surface area contributed by atoms with Gasteiger partial charge < -0.3 is 5.32 Å². The van der Waals surface area contributed by atoms with Gasteiger partial charge in [-0.1, -0.05) is 18.5 Å². The fourth-order valence-electron chi connectivity index (χ4n) is 3.28. The third-order valence-corrected chi connectivity index (χ3v) is 4.53. The number of rotatable bonds is 1. The van der Waals surface area contributed by atoms with Crippen LogP contribution in [0.2, 0.25) is 5.02 Å². The first-order valence-electron chi connectivity index (χ1n) is 6.71. The summed E-state index contributed by atoms with van der Waals surface area (Å²) in [6.45, 7) is 3.31. The van der Waals surface area contributed by atoms with Crippen molar-refractivity contribution in [3.05, 3.63) is 34.3 Å². The molecule has 3 atom stereocenters. The third kappa shape index (κ3) is 2.08. The van der Waals surface area contributed by atoms with Crippen LogP contribution >= 0.6 is 11.6 Å². The molecule has 18 heavy (non-hydrogen) atoms. The fourth-order valence-corrected chi connectivity index (χ4v) is 3.48. The molecule has 0 saturated carbocycles. The van der Waals surface area contributed by atoms with E-state index in [9.17, 15) is 4.79 Å². The lowest BCUT2D eigenvalue weighted by Gasteiger charge is -2.31. The number of hydrogen-bond donors (Lipinski definition) is 1. The minimum atomic E-state index is 0.112. The molecule has 3 unspecified atom stereocenters. The second-order valence-electron chi connectivity index (χ2n) is 5.67. The van der Waals surface area contributed by atoms with Gasteiger partial charge in [0.05, 0.1) is 0 Å². The van der Waals surface area contributed by atoms with Crippen LogP contribution in [0.5, 0.6) is 0 Å². The molecule has 1 fully saturated rings. The van der Waals surface area contributed by atoms with Crippen molar-refractivity contribution in [1.82, 2.24) is 5.32 Å². The zero-order chi connectivity index (χ0) is 12.7. The molecule has 0 spiro atoms. The van der Waals surface area contributed by atoms with Crippen LogP contribution in [-0.2, 0) is 6.42 Å². The second-order valence-corrected chi connectivity index (χ2v) is 6.10. The number of ketones is 1. The monoisotopic (exact) mass is 263 g/mol. The molecule has 1 aliphatic heterocycles. The molecule has 3 heteroatoms. The van der Waals surface area contributed by atoms with Crippen molar-refractivity contribution >= 4 is 17.4 Å². The Morgan fingerprint density at radius 1 is 1.39 bits per heavy atom. The Hall–Kier alpha value is -0.860. The van der Waals surface area contributed by atoms with Gasteiger partial charge in [-0.05, 0) is 55.5 Å². The SMILES string of the molecule is CC1CCNC(C2Cc3cc(Cl)ccc3C2=O)C1. The van der Waals surface area contributed by atoms with Crippen molar-refractivity contribution in [3.8, 4) is 0 Å². The Bertz CT molecular complexity index is 485. The van der Waals surface area contributed by atoms with Gasteiger partial charge in [0.25, 0.3) is 0 Å². The van der Waals surface area contributed by atoms with Crippen molar-refractivity contribution in [2.45, 2.75) is 32.2 Å². The number of carbonyl (C=O) groups is 1. The molecule has 1 aromatic carbocycles. The maximum Gasteiger partial charge on any atom is 0.168 e. The molecule has 1 aliphatic carbocycles. The van der Waals surface area contributed by atoms with Crippen molar-refractivity contribution in [2.75, 3.05) is 6.54 Å². The molecule has 96 valence electrons. The van der Waals surface area contributed by atoms with Gasteiger partial charge in [0.1, 0.15) is 0 Å². The normalized spacial score (nSPS) is 31.4. The summed E-state index contributed by atoms with van der Waals surface area (Å²) in [6.07, 6.45) is 3.17. The average Bonchev–Trinajstić information content (AvgIpc) is 2.66. The Balaban J connectivity index is 1.83. The van der Waals surface area contributed by atoms with E-state index < -0.39 is 0 Å². The summed E-state index contributed by atoms with van der Waals surface area (Å²) in [5.41, 5.74) is 2.00. The summed E-state index contributed by atoms with van der Waals surface area (Å²) in [4.78, 5) is 12.4. The number of Topliss-reactive ketones (excluding diaryl/α,β-unsaturated/α-hetero) is 1. The van der Waals surface area contributed by atoms with Crippen molar-refractivity contribution in [2.24, 2.45) is 11.8 Å². The fraction of sp³-hybridized carbons (Fsp3) is 0.533. The number of benzene rings is 1. The predicted octanol–water partition coefficient (Wildman–Crippen LogP) is 3.08. The molecule has 1 N–H and O–H groups in total. The van der Waals surface area contributed by atoms with E-state index in [0.717, 1.165) is 41.5 Å². The standard InChI is InChI=1S/C15H18ClNO/c1-9-4-5-17-14(6-9)13-8-10-7-11(16)2-3-12(10)15(13)18/h2-3,7,9,13-14,17H,4-6,8H2,1H3. The first kappa shape index (κ1) is 12.2. The zero-order valence-electron chi connectivity index (χ0n) is 10.6. The molecule has 0 bridgehead atoms. The Labute approximate surface area is 113 Å². The lowest BCUT2D eigenvalue weighted by Crippen LogP contribution is -2.44. The van der Waals surface area contributed by atoms with Crippen LogP contribution < -0.4 is 5.32 Å². The molecular formula is C15H18ClNO. The minimum absolute atomic E-state index is 0.112. The molecule has 1 heterocycles. The van der Waals surface area contributed by atoms with Crippen LogP contribution in [0.3, 0.4) is 0 Å². The van der Waals surface area contributed by atoms with Gasteiger partial charge >= 0.3 is 0 Å². The largest absolute Gasteiger partial charge is 0.313 e. The molecule has 0 radical (unpaired) electrons. The van der Waals surface area contributed by atoms with Gasteiger partial charge in [-0.25, -0.2) is 0 Å². The van der Waals surface area contributed by atoms with Crippen LogP contribution in [0.1, 0.15) is 35.7 Å². The Kier molecular flexibility index (Phi) is 3.16. The smallest absolute Gasteiger partial charge is 0.168 e. The average molecular weight is 264 g/mol. The predicted molar refractivity (Wildman–Crippen MR) is 73.2 cm³/mol. The minimum Gasteiger partial charge on any atom is -0.313 e. The van der Waals surface area contributed by atoms with E-state index in [1.54, 1.807) is 0 Å². The summed E-state index contributed by atoms with van der Waals surface area (Å²) in [5.74, 6) is 1.13. The van der Waals surface area contributed by atoms with Crippen molar-refractivity contribution in [1.29, 1.82) is 0 Å². The van der Waals surface area contributed by atoms with Crippen LogP contribution in [0.15, 0.2) is 18.2 Å². The van der Waals surface area contributed by atoms with Crippen LogP contribution in [-0.4, -0.2) is 18.4 Å². The number of carbonyl (C=O) groups excluding carboxylic acids is 1. The van der Waals surface area contributed by atoms with Gasteiger partial charge in [0, 0.05) is 22.5 Å². The van der Waals surface area contributed by atoms with Crippen LogP contribution in [0.4, 0.5) is 0 Å². The molecule has 0 aromatic heterocycles. The highest BCUT2D eigenvalue weighted by atomic mass is 35.5. The molecule has 3 rings (SSSR count). The van der Waals surface area contributed by atoms with Crippen LogP contribution in [0, 0.1) is 11.8 Å². The van der Waals surface area contributed by atoms with E-state index in [1.807, 2.05) is 18.2 Å². The molecule has 0 amide bonds. The maximum absolute atomic E-state index is 12.4. The van der Waals surface area contributed by atoms with Crippen molar-refractivity contribution in [3.63, 3.8) is 0 Å². The molecule has 1 aromatic rings. The third-order valence-electron chi connectivity index (χ3n) is 4.30. The summed E-state index contributed by atoms with van der Waals surface area (Å²) < 4.78 is 0. The number of hydrogen-bond acceptors (Lipinski definition) is 2. The highest BCUT2D eigenvalue weighted by Crippen LogP contribution is 2.33. The van der Waals surface area contributed by atoms with Gasteiger partial charge in [-0.3, -0.25) is 4.79 Å². The van der Waals surface area contributed by atoms with E-state index >= 15 is 0 Å². The topological polar surface area (TPSA) is 29.1 Å². The van der Waals surface area contributed by atoms with E-state index in [1.165, 1.54) is 6.42 Å². The molecule has 2 nitrogen and oxygen atoms in total. The molecular weight excluding hydrogens is 246 g/mol. The van der Waals surface area contributed by atoms with Crippen LogP contribution in [0.25, 0.3) is 0 Å². The van der Waals surface area contributed by atoms with Gasteiger partial charge in [0.15, 0.2) is 5.78 Å². The Morgan fingerprint density at radius 2 is 2.22 bits per heavy atom. The number of fused-ring (bicyclic) bond motifs is 1. The van der Waals surface area contributed by atoms with Gasteiger partial charge in [-0.2, -0.15) is 0 Å². The zero-order valence-corrected chi connectivity index (χ0v) is 11.3. The van der Waals surface area contributed by atoms with E-state index in [2.05, 4.69) is 12.2 Å². The van der Waals surface area contributed by atoms with E-state index in [-0.39, 0.29) is 5.92 Å². The summed E-state index contributed by atoms with van der Waals surface area (Å²) in [6, 6.07) is 5.98. The number of nitrogens with one attached hydrogen (secondary N) is 1. The molecule has 2 aliphatic rings. The summed E-state index contributed by atoms with van der Waals surface area (Å²) in [5, 5.41) is 4.25. The summed E-state index contributed by atoms with van der Waals surface area (Å²) in [7, 11) is 0. The first-order valence-corrected chi connectivity index (χ1v) is 7.09. The molecule has 1 saturated heterocycles. The number of piperidine rings is 1.